The van der Waals surface area contributed by atoms with Crippen LogP contribution in [0.3, 0.4) is 0 Å². The number of nitrogens with zero attached hydrogens (tertiary/aromatic N) is 1. The van der Waals surface area contributed by atoms with Crippen LogP contribution in [0.5, 0.6) is 0 Å². The van der Waals surface area contributed by atoms with E-state index in [1.54, 1.807) is 0 Å². The molecular formula is C13H17NO4S. The van der Waals surface area contributed by atoms with Crippen molar-refractivity contribution in [3.8, 4) is 0 Å². The minimum atomic E-state index is -3.56. The van der Waals surface area contributed by atoms with Crippen LogP contribution >= 0.6 is 0 Å². The highest BCUT2D eigenvalue weighted by Crippen LogP contribution is 2.32. The minimum absolute atomic E-state index is 0.351. The van der Waals surface area contributed by atoms with Crippen molar-refractivity contribution in [1.29, 1.82) is 0 Å². The summed E-state index contributed by atoms with van der Waals surface area (Å²) in [5.74, 6) is -1.44. The second-order valence-electron chi connectivity index (χ2n) is 4.72. The molecule has 1 N–H and O–H groups in total. The lowest BCUT2D eigenvalue weighted by atomic mass is 10.0. The van der Waals surface area contributed by atoms with Crippen LogP contribution in [0.4, 0.5) is 5.69 Å². The lowest BCUT2D eigenvalue weighted by Gasteiger charge is -2.31. The standard InChI is InChI=1S/C13H17NO4S/c1-10-4-2-5-11-6-3-8-14(13(10)11)19(17,18)9-7-12(15)16/h2,4-5H,3,6-9H2,1H3,(H,15,16). The van der Waals surface area contributed by atoms with Gasteiger partial charge >= 0.3 is 5.97 Å². The van der Waals surface area contributed by atoms with E-state index in [0.717, 1.165) is 29.7 Å². The van der Waals surface area contributed by atoms with Crippen LogP contribution in [0.25, 0.3) is 0 Å². The molecule has 5 nitrogen and oxygen atoms in total. The molecule has 0 radical (unpaired) electrons. The zero-order valence-electron chi connectivity index (χ0n) is 10.8. The van der Waals surface area contributed by atoms with E-state index in [1.165, 1.54) is 4.31 Å². The summed E-state index contributed by atoms with van der Waals surface area (Å²) in [6, 6.07) is 5.73. The number of hydrogen-bond acceptors (Lipinski definition) is 3. The van der Waals surface area contributed by atoms with Gasteiger partial charge in [0.05, 0.1) is 17.9 Å². The smallest absolute Gasteiger partial charge is 0.304 e. The van der Waals surface area contributed by atoms with Gasteiger partial charge in [-0.25, -0.2) is 8.42 Å². The maximum absolute atomic E-state index is 12.3. The topological polar surface area (TPSA) is 74.7 Å². The van der Waals surface area contributed by atoms with Gasteiger partial charge in [0.25, 0.3) is 0 Å². The number of benzene rings is 1. The maximum atomic E-state index is 12.3. The summed E-state index contributed by atoms with van der Waals surface area (Å²) in [6.07, 6.45) is 1.27. The molecule has 1 heterocycles. The zero-order valence-corrected chi connectivity index (χ0v) is 11.6. The summed E-state index contributed by atoms with van der Waals surface area (Å²) in [7, 11) is -3.56. The average Bonchev–Trinajstić information content (AvgIpc) is 2.36. The van der Waals surface area contributed by atoms with E-state index in [2.05, 4.69) is 0 Å². The molecule has 0 bridgehead atoms. The molecule has 2 rings (SSSR count). The third kappa shape index (κ3) is 2.89. The molecule has 0 amide bonds. The molecule has 104 valence electrons. The number of fused-ring (bicyclic) bond motifs is 1. The van der Waals surface area contributed by atoms with Crippen LogP contribution < -0.4 is 4.31 Å². The molecule has 0 spiro atoms. The third-order valence-corrected chi connectivity index (χ3v) is 5.04. The molecule has 0 saturated heterocycles. The van der Waals surface area contributed by atoms with Crippen molar-refractivity contribution >= 4 is 21.7 Å². The van der Waals surface area contributed by atoms with Crippen LogP contribution in [0.2, 0.25) is 0 Å². The number of anilines is 1. The van der Waals surface area contributed by atoms with E-state index in [0.29, 0.717) is 6.54 Å². The van der Waals surface area contributed by atoms with Gasteiger partial charge in [0.15, 0.2) is 0 Å². The summed E-state index contributed by atoms with van der Waals surface area (Å²) < 4.78 is 25.9. The minimum Gasteiger partial charge on any atom is -0.481 e. The number of hydrogen-bond donors (Lipinski definition) is 1. The average molecular weight is 283 g/mol. The first-order chi connectivity index (χ1) is 8.92. The number of aryl methyl sites for hydroxylation is 2. The molecule has 0 atom stereocenters. The fourth-order valence-electron chi connectivity index (χ4n) is 2.41. The Morgan fingerprint density at radius 2 is 2.16 bits per heavy atom. The third-order valence-electron chi connectivity index (χ3n) is 3.29. The van der Waals surface area contributed by atoms with Gasteiger partial charge in [-0.05, 0) is 30.9 Å². The van der Waals surface area contributed by atoms with Crippen LogP contribution in [0, 0.1) is 6.92 Å². The van der Waals surface area contributed by atoms with E-state index in [1.807, 2.05) is 25.1 Å². The lowest BCUT2D eigenvalue weighted by molar-refractivity contribution is -0.136. The van der Waals surface area contributed by atoms with Crippen molar-refractivity contribution in [3.05, 3.63) is 29.3 Å². The van der Waals surface area contributed by atoms with Crippen molar-refractivity contribution in [2.24, 2.45) is 0 Å². The SMILES string of the molecule is Cc1cccc2c1N(S(=O)(=O)CCC(=O)O)CCC2. The van der Waals surface area contributed by atoms with Gasteiger partial charge in [0.2, 0.25) is 10.0 Å². The van der Waals surface area contributed by atoms with Gasteiger partial charge < -0.3 is 5.11 Å². The fourth-order valence-corrected chi connectivity index (χ4v) is 4.01. The van der Waals surface area contributed by atoms with E-state index < -0.39 is 16.0 Å². The lowest BCUT2D eigenvalue weighted by Crippen LogP contribution is -2.38. The number of aliphatic carboxylic acids is 1. The highest BCUT2D eigenvalue weighted by molar-refractivity contribution is 7.92. The Morgan fingerprint density at radius 3 is 2.84 bits per heavy atom. The fraction of sp³-hybridized carbons (Fsp3) is 0.462. The van der Waals surface area contributed by atoms with Crippen LogP contribution in [-0.4, -0.2) is 31.8 Å². The van der Waals surface area contributed by atoms with Crippen LogP contribution in [-0.2, 0) is 21.2 Å². The van der Waals surface area contributed by atoms with Crippen LogP contribution in [0.15, 0.2) is 18.2 Å². The number of carboxylic acid groups (broad SMARTS) is 1. The first-order valence-corrected chi connectivity index (χ1v) is 7.83. The number of para-hydroxylation sites is 1. The Balaban J connectivity index is 2.36. The molecule has 19 heavy (non-hydrogen) atoms. The Bertz CT molecular complexity index is 595. The highest BCUT2D eigenvalue weighted by atomic mass is 32.2. The molecule has 0 aliphatic carbocycles. The summed E-state index contributed by atoms with van der Waals surface area (Å²) in [5, 5.41) is 8.64. The predicted octanol–water partition coefficient (Wildman–Crippen LogP) is 1.55. The second-order valence-corrected chi connectivity index (χ2v) is 6.73. The Kier molecular flexibility index (Phi) is 3.80. The maximum Gasteiger partial charge on any atom is 0.304 e. The summed E-state index contributed by atoms with van der Waals surface area (Å²) in [6.45, 7) is 2.31. The summed E-state index contributed by atoms with van der Waals surface area (Å²) in [4.78, 5) is 10.6. The number of carboxylic acids is 1. The molecular weight excluding hydrogens is 266 g/mol. The van der Waals surface area contributed by atoms with Crippen molar-refractivity contribution in [1.82, 2.24) is 0 Å². The van der Waals surface area contributed by atoms with Crippen molar-refractivity contribution in [3.63, 3.8) is 0 Å². The van der Waals surface area contributed by atoms with E-state index in [9.17, 15) is 13.2 Å². The van der Waals surface area contributed by atoms with Crippen molar-refractivity contribution in [2.45, 2.75) is 26.2 Å². The van der Waals surface area contributed by atoms with Crippen LogP contribution in [0.1, 0.15) is 24.0 Å². The summed E-state index contributed by atoms with van der Waals surface area (Å²) >= 11 is 0. The highest BCUT2D eigenvalue weighted by Gasteiger charge is 2.28. The Hall–Kier alpha value is -1.56. The predicted molar refractivity (Wildman–Crippen MR) is 72.9 cm³/mol. The van der Waals surface area contributed by atoms with Crippen molar-refractivity contribution < 1.29 is 18.3 Å². The second kappa shape index (κ2) is 5.21. The first-order valence-electron chi connectivity index (χ1n) is 6.22. The molecule has 1 aromatic carbocycles. The monoisotopic (exact) mass is 283 g/mol. The van der Waals surface area contributed by atoms with Gasteiger partial charge in [-0.1, -0.05) is 18.2 Å². The van der Waals surface area contributed by atoms with Gasteiger partial charge in [-0.3, -0.25) is 9.10 Å². The Morgan fingerprint density at radius 1 is 1.42 bits per heavy atom. The normalized spacial score (nSPS) is 15.1. The van der Waals surface area contributed by atoms with Gasteiger partial charge in [-0.15, -0.1) is 0 Å². The van der Waals surface area contributed by atoms with Crippen molar-refractivity contribution in [2.75, 3.05) is 16.6 Å². The van der Waals surface area contributed by atoms with E-state index in [4.69, 9.17) is 5.11 Å². The zero-order chi connectivity index (χ0) is 14.0. The molecule has 6 heteroatoms. The number of carbonyl (C=O) groups is 1. The molecule has 1 aliphatic heterocycles. The Labute approximate surface area is 112 Å². The largest absolute Gasteiger partial charge is 0.481 e. The first kappa shape index (κ1) is 13.9. The number of sulfonamides is 1. The quantitative estimate of drug-likeness (QED) is 0.909. The molecule has 0 fully saturated rings. The van der Waals surface area contributed by atoms with Gasteiger partial charge in [0.1, 0.15) is 0 Å². The van der Waals surface area contributed by atoms with Gasteiger partial charge in [-0.2, -0.15) is 0 Å². The summed E-state index contributed by atoms with van der Waals surface area (Å²) in [5.41, 5.74) is 2.67. The van der Waals surface area contributed by atoms with Gasteiger partial charge in [0, 0.05) is 6.54 Å². The molecule has 0 aromatic heterocycles. The molecule has 1 aromatic rings. The van der Waals surface area contributed by atoms with E-state index >= 15 is 0 Å². The molecule has 1 aliphatic rings. The molecule has 0 saturated carbocycles. The van der Waals surface area contributed by atoms with E-state index in [-0.39, 0.29) is 12.2 Å². The number of rotatable bonds is 4. The molecule has 0 unspecified atom stereocenters.